The summed E-state index contributed by atoms with van der Waals surface area (Å²) in [6.45, 7) is 2.05. The van der Waals surface area contributed by atoms with Gasteiger partial charge in [0.25, 0.3) is 0 Å². The molecule has 1 rings (SSSR count). The lowest BCUT2D eigenvalue weighted by molar-refractivity contribution is 0.157. The van der Waals surface area contributed by atoms with Crippen molar-refractivity contribution >= 4 is 28.7 Å². The molecule has 0 aromatic rings. The van der Waals surface area contributed by atoms with Crippen molar-refractivity contribution in [3.8, 4) is 0 Å². The average molecular weight is 295 g/mol. The summed E-state index contributed by atoms with van der Waals surface area (Å²) in [6, 6.07) is 0. The van der Waals surface area contributed by atoms with Crippen LogP contribution in [0.15, 0.2) is 12.2 Å². The first-order valence-electron chi connectivity index (χ1n) is 4.24. The lowest BCUT2D eigenvalue weighted by atomic mass is 9.88. The topological polar surface area (TPSA) is 38.3 Å². The number of alkyl carbamates (subject to hydrolysis) is 1. The van der Waals surface area contributed by atoms with E-state index in [1.807, 2.05) is 6.92 Å². The van der Waals surface area contributed by atoms with Crippen LogP contribution in [-0.4, -0.2) is 22.7 Å². The molecule has 0 aromatic carbocycles. The van der Waals surface area contributed by atoms with Gasteiger partial charge in [-0.3, -0.25) is 0 Å². The minimum absolute atomic E-state index is 0.164. The molecule has 1 amide bonds. The molecule has 1 N–H and O–H groups in total. The van der Waals surface area contributed by atoms with Gasteiger partial charge < -0.3 is 10.1 Å². The number of carbonyl (C=O) groups is 1. The van der Waals surface area contributed by atoms with Crippen LogP contribution < -0.4 is 5.32 Å². The number of halogens is 1. The molecular formula is C9H14INO2. The smallest absolute Gasteiger partial charge is 0.407 e. The molecule has 0 aliphatic heterocycles. The highest BCUT2D eigenvalue weighted by Crippen LogP contribution is 2.29. The maximum Gasteiger partial charge on any atom is 0.407 e. The van der Waals surface area contributed by atoms with Crippen molar-refractivity contribution in [3.05, 3.63) is 12.2 Å². The molecule has 0 radical (unpaired) electrons. The van der Waals surface area contributed by atoms with E-state index in [0.29, 0.717) is 3.92 Å². The van der Waals surface area contributed by atoms with Crippen LogP contribution in [-0.2, 0) is 4.74 Å². The molecule has 3 nitrogen and oxygen atoms in total. The number of hydrogen-bond acceptors (Lipinski definition) is 2. The van der Waals surface area contributed by atoms with Crippen molar-refractivity contribution in [1.29, 1.82) is 0 Å². The second-order valence-corrected chi connectivity index (χ2v) is 4.92. The fraction of sp³-hybridized carbons (Fsp3) is 0.667. The van der Waals surface area contributed by atoms with Crippen LogP contribution in [0.3, 0.4) is 0 Å². The summed E-state index contributed by atoms with van der Waals surface area (Å²) in [5, 5.41) is 2.87. The van der Waals surface area contributed by atoms with Crippen LogP contribution in [0.25, 0.3) is 0 Å². The van der Waals surface area contributed by atoms with Crippen LogP contribution in [0.4, 0.5) is 4.79 Å². The zero-order valence-corrected chi connectivity index (χ0v) is 10.00. The third kappa shape index (κ3) is 2.59. The fourth-order valence-electron chi connectivity index (χ4n) is 1.35. The van der Waals surface area contributed by atoms with Crippen molar-refractivity contribution in [3.63, 3.8) is 0 Å². The number of amides is 1. The van der Waals surface area contributed by atoms with E-state index in [4.69, 9.17) is 0 Å². The Labute approximate surface area is 92.1 Å². The van der Waals surface area contributed by atoms with Crippen LogP contribution in [0.2, 0.25) is 0 Å². The molecule has 0 bridgehead atoms. The molecule has 2 atom stereocenters. The van der Waals surface area contributed by atoms with Crippen LogP contribution in [0.1, 0.15) is 19.8 Å². The van der Waals surface area contributed by atoms with Crippen molar-refractivity contribution in [2.45, 2.75) is 29.2 Å². The van der Waals surface area contributed by atoms with Gasteiger partial charge in [0.1, 0.15) is 0 Å². The lowest BCUT2D eigenvalue weighted by Crippen LogP contribution is -2.52. The van der Waals surface area contributed by atoms with Crippen molar-refractivity contribution in [2.75, 3.05) is 7.11 Å². The predicted octanol–water partition coefficient (Wildman–Crippen LogP) is 2.25. The second-order valence-electron chi connectivity index (χ2n) is 3.41. The van der Waals surface area contributed by atoms with Crippen molar-refractivity contribution < 1.29 is 9.53 Å². The summed E-state index contributed by atoms with van der Waals surface area (Å²) in [4.78, 5) is 11.1. The Bertz CT molecular complexity index is 230. The van der Waals surface area contributed by atoms with Gasteiger partial charge in [0, 0.05) is 3.92 Å². The number of carbonyl (C=O) groups excluding carboxylic acids is 1. The summed E-state index contributed by atoms with van der Waals surface area (Å²) in [5.41, 5.74) is -0.164. The van der Waals surface area contributed by atoms with E-state index in [0.717, 1.165) is 12.8 Å². The first-order valence-corrected chi connectivity index (χ1v) is 5.48. The fourth-order valence-corrected chi connectivity index (χ4v) is 2.05. The van der Waals surface area contributed by atoms with Crippen molar-refractivity contribution in [1.82, 2.24) is 5.32 Å². The van der Waals surface area contributed by atoms with Gasteiger partial charge in [-0.15, -0.1) is 0 Å². The molecule has 0 saturated heterocycles. The third-order valence-corrected chi connectivity index (χ3v) is 4.20. The molecule has 0 heterocycles. The van der Waals surface area contributed by atoms with Gasteiger partial charge in [-0.25, -0.2) is 4.79 Å². The van der Waals surface area contributed by atoms with Gasteiger partial charge in [-0.1, -0.05) is 34.7 Å². The summed E-state index contributed by atoms with van der Waals surface area (Å²) >= 11 is 2.36. The average Bonchev–Trinajstić information content (AvgIpc) is 2.10. The number of allylic oxidation sites excluding steroid dienone is 1. The van der Waals surface area contributed by atoms with Gasteiger partial charge in [0.2, 0.25) is 0 Å². The van der Waals surface area contributed by atoms with Gasteiger partial charge in [-0.05, 0) is 19.8 Å². The summed E-state index contributed by atoms with van der Waals surface area (Å²) in [5.74, 6) is 0. The van der Waals surface area contributed by atoms with Gasteiger partial charge >= 0.3 is 6.09 Å². The molecule has 74 valence electrons. The molecular weight excluding hydrogens is 281 g/mol. The summed E-state index contributed by atoms with van der Waals surface area (Å²) in [7, 11) is 1.39. The Morgan fingerprint density at radius 2 is 2.38 bits per heavy atom. The zero-order chi connectivity index (χ0) is 9.90. The van der Waals surface area contributed by atoms with E-state index >= 15 is 0 Å². The quantitative estimate of drug-likeness (QED) is 0.458. The predicted molar refractivity (Wildman–Crippen MR) is 60.1 cm³/mol. The Hall–Kier alpha value is -0.260. The number of ether oxygens (including phenoxy) is 1. The highest BCUT2D eigenvalue weighted by atomic mass is 127. The highest BCUT2D eigenvalue weighted by molar-refractivity contribution is 14.1. The molecule has 0 aromatic heterocycles. The molecule has 13 heavy (non-hydrogen) atoms. The second kappa shape index (κ2) is 4.30. The normalized spacial score (nSPS) is 32.7. The van der Waals surface area contributed by atoms with Gasteiger partial charge in [-0.2, -0.15) is 0 Å². The molecule has 0 spiro atoms. The standard InChI is InChI=1S/C9H14INO2/c1-9(11-8(12)13-2)6-4-3-5-7(9)10/h3-4,7H,5-6H2,1-2H3,(H,11,12). The van der Waals surface area contributed by atoms with E-state index in [1.54, 1.807) is 0 Å². The number of nitrogens with one attached hydrogen (secondary N) is 1. The summed E-state index contributed by atoms with van der Waals surface area (Å²) in [6.07, 6.45) is 5.78. The number of hydrogen-bond donors (Lipinski definition) is 1. The van der Waals surface area contributed by atoms with Crippen LogP contribution in [0.5, 0.6) is 0 Å². The molecule has 2 unspecified atom stereocenters. The number of alkyl halides is 1. The largest absolute Gasteiger partial charge is 0.453 e. The van der Waals surface area contributed by atoms with Crippen LogP contribution in [0, 0.1) is 0 Å². The Morgan fingerprint density at radius 1 is 1.69 bits per heavy atom. The van der Waals surface area contributed by atoms with Crippen molar-refractivity contribution in [2.24, 2.45) is 0 Å². The molecule has 0 saturated carbocycles. The SMILES string of the molecule is COC(=O)NC1(C)CC=CCC1I. The van der Waals surface area contributed by atoms with E-state index in [9.17, 15) is 4.79 Å². The number of methoxy groups -OCH3 is 1. The summed E-state index contributed by atoms with van der Waals surface area (Å²) < 4.78 is 5.01. The zero-order valence-electron chi connectivity index (χ0n) is 7.84. The highest BCUT2D eigenvalue weighted by Gasteiger charge is 2.34. The monoisotopic (exact) mass is 295 g/mol. The molecule has 0 fully saturated rings. The molecule has 1 aliphatic carbocycles. The Balaban J connectivity index is 2.63. The minimum Gasteiger partial charge on any atom is -0.453 e. The Kier molecular flexibility index (Phi) is 3.58. The van der Waals surface area contributed by atoms with Gasteiger partial charge in [0.15, 0.2) is 0 Å². The van der Waals surface area contributed by atoms with Crippen LogP contribution >= 0.6 is 22.6 Å². The van der Waals surface area contributed by atoms with E-state index in [1.165, 1.54) is 7.11 Å². The minimum atomic E-state index is -0.348. The lowest BCUT2D eigenvalue weighted by Gasteiger charge is -2.36. The first kappa shape index (κ1) is 10.8. The number of rotatable bonds is 1. The Morgan fingerprint density at radius 3 is 2.92 bits per heavy atom. The van der Waals surface area contributed by atoms with E-state index in [2.05, 4.69) is 44.8 Å². The van der Waals surface area contributed by atoms with E-state index < -0.39 is 0 Å². The maximum absolute atomic E-state index is 11.1. The van der Waals surface area contributed by atoms with Gasteiger partial charge in [0.05, 0.1) is 12.6 Å². The molecule has 1 aliphatic rings. The third-order valence-electron chi connectivity index (χ3n) is 2.32. The molecule has 4 heteroatoms. The van der Waals surface area contributed by atoms with E-state index in [-0.39, 0.29) is 11.6 Å². The first-order chi connectivity index (χ1) is 6.08. The maximum atomic E-state index is 11.1.